The van der Waals surface area contributed by atoms with E-state index in [1.54, 1.807) is 5.57 Å². The molecule has 2 heterocycles. The van der Waals surface area contributed by atoms with Crippen LogP contribution < -0.4 is 5.32 Å². The van der Waals surface area contributed by atoms with E-state index in [0.717, 1.165) is 36.5 Å². The average molecular weight is 440 g/mol. The van der Waals surface area contributed by atoms with Crippen molar-refractivity contribution in [1.82, 2.24) is 5.32 Å². The third-order valence-electron chi connectivity index (χ3n) is 12.8. The molecule has 12 atom stereocenters. The Morgan fingerprint density at radius 3 is 2.78 bits per heavy atom. The number of rotatable bonds is 0. The van der Waals surface area contributed by atoms with Crippen LogP contribution in [0, 0.1) is 45.8 Å². The summed E-state index contributed by atoms with van der Waals surface area (Å²) in [6.45, 7) is 11.3. The van der Waals surface area contributed by atoms with E-state index in [4.69, 9.17) is 4.74 Å². The van der Waals surface area contributed by atoms with E-state index in [1.165, 1.54) is 57.9 Å². The third kappa shape index (κ3) is 2.49. The van der Waals surface area contributed by atoms with Gasteiger partial charge in [0.05, 0.1) is 17.8 Å². The number of aliphatic hydroxyl groups is 1. The number of ether oxygens (including phenoxy) is 1. The minimum absolute atomic E-state index is 0.0946. The van der Waals surface area contributed by atoms with Gasteiger partial charge >= 0.3 is 0 Å². The maximum absolute atomic E-state index is 10.3. The molecule has 0 radical (unpaired) electrons. The van der Waals surface area contributed by atoms with Crippen LogP contribution in [-0.2, 0) is 4.74 Å². The van der Waals surface area contributed by atoms with Gasteiger partial charge in [-0.3, -0.25) is 0 Å². The van der Waals surface area contributed by atoms with E-state index in [9.17, 15) is 5.11 Å². The Morgan fingerprint density at radius 1 is 1.09 bits per heavy atom. The first-order chi connectivity index (χ1) is 15.2. The molecule has 4 saturated carbocycles. The minimum atomic E-state index is -0.0946. The van der Waals surface area contributed by atoms with Gasteiger partial charge in [0.15, 0.2) is 0 Å². The lowest BCUT2D eigenvalue weighted by Crippen LogP contribution is -2.49. The van der Waals surface area contributed by atoms with Crippen LogP contribution in [0.3, 0.4) is 0 Å². The lowest BCUT2D eigenvalue weighted by Gasteiger charge is -2.49. The van der Waals surface area contributed by atoms with Gasteiger partial charge in [-0.25, -0.2) is 0 Å². The molecule has 0 aromatic rings. The SMILES string of the molecule is C[C@@H]1CN[C@H]2[C@@H](C)C3(CC[C@H]4[C@@H]5CC=C6C[C@@H](O)CC[C@]6(C)[C@H]5CC45CC5(C)C3)O[C@@H]2C1. The highest BCUT2D eigenvalue weighted by Gasteiger charge is 2.77. The standard InChI is InChI=1S/C29H45NO2/c1-17-11-24-25(30-14-17)18(2)29(32-24)10-8-22-21-6-5-19-12-20(31)7-9-27(19,4)23(21)13-28(22)15-26(28,3)16-29/h5,17-18,20-25,30-31H,6-16H2,1-4H3/t17-,18+,20-,21-,22-,23-,24+,25-,26?,27-,28?,29?/m0/s1. The zero-order chi connectivity index (χ0) is 22.1. The summed E-state index contributed by atoms with van der Waals surface area (Å²) >= 11 is 0. The molecule has 2 saturated heterocycles. The molecule has 3 unspecified atom stereocenters. The predicted octanol–water partition coefficient (Wildman–Crippen LogP) is 5.47. The smallest absolute Gasteiger partial charge is 0.0742 e. The highest BCUT2D eigenvalue weighted by atomic mass is 16.5. The van der Waals surface area contributed by atoms with E-state index >= 15 is 0 Å². The Labute approximate surface area is 195 Å². The summed E-state index contributed by atoms with van der Waals surface area (Å²) in [5, 5.41) is 14.2. The molecule has 2 spiro atoms. The lowest BCUT2D eigenvalue weighted by atomic mass is 9.56. The van der Waals surface area contributed by atoms with Gasteiger partial charge in [-0.1, -0.05) is 39.3 Å². The van der Waals surface area contributed by atoms with Gasteiger partial charge in [0.25, 0.3) is 0 Å². The van der Waals surface area contributed by atoms with Crippen molar-refractivity contribution in [3.8, 4) is 0 Å². The van der Waals surface area contributed by atoms with Crippen LogP contribution in [0.4, 0.5) is 0 Å². The fourth-order valence-electron chi connectivity index (χ4n) is 11.0. The fourth-order valence-corrected chi connectivity index (χ4v) is 11.0. The topological polar surface area (TPSA) is 41.5 Å². The van der Waals surface area contributed by atoms with Crippen LogP contribution in [0.25, 0.3) is 0 Å². The second-order valence-corrected chi connectivity index (χ2v) is 14.3. The molecule has 7 rings (SSSR count). The van der Waals surface area contributed by atoms with Gasteiger partial charge in [0.2, 0.25) is 0 Å². The van der Waals surface area contributed by atoms with Crippen LogP contribution in [0.5, 0.6) is 0 Å². The molecule has 2 N–H and O–H groups in total. The number of hydrogen-bond donors (Lipinski definition) is 2. The van der Waals surface area contributed by atoms with Gasteiger partial charge in [-0.15, -0.1) is 0 Å². The summed E-state index contributed by atoms with van der Waals surface area (Å²) in [6.07, 6.45) is 15.5. The summed E-state index contributed by atoms with van der Waals surface area (Å²) < 4.78 is 7.13. The zero-order valence-corrected chi connectivity index (χ0v) is 20.8. The van der Waals surface area contributed by atoms with Crippen LogP contribution in [0.2, 0.25) is 0 Å². The molecule has 0 bridgehead atoms. The fraction of sp³-hybridized carbons (Fsp3) is 0.931. The molecule has 0 aromatic heterocycles. The van der Waals surface area contributed by atoms with E-state index in [1.807, 2.05) is 0 Å². The van der Waals surface area contributed by atoms with Crippen LogP contribution in [-0.4, -0.2) is 35.5 Å². The molecule has 6 fully saturated rings. The molecule has 3 heteroatoms. The summed E-state index contributed by atoms with van der Waals surface area (Å²) in [5.41, 5.74) is 3.13. The Morgan fingerprint density at radius 2 is 1.94 bits per heavy atom. The Bertz CT molecular complexity index is 854. The van der Waals surface area contributed by atoms with Crippen molar-refractivity contribution in [1.29, 1.82) is 0 Å². The molecule has 0 aromatic carbocycles. The Kier molecular flexibility index (Phi) is 4.21. The first-order valence-electron chi connectivity index (χ1n) is 14.0. The lowest BCUT2D eigenvalue weighted by molar-refractivity contribution is -0.0855. The molecular weight excluding hydrogens is 394 g/mol. The highest BCUT2D eigenvalue weighted by molar-refractivity contribution is 5.32. The Balaban J connectivity index is 1.19. The molecular formula is C29H45NO2. The van der Waals surface area contributed by atoms with Crippen molar-refractivity contribution in [2.45, 2.75) is 116 Å². The van der Waals surface area contributed by atoms with Gasteiger partial charge < -0.3 is 15.2 Å². The first kappa shape index (κ1) is 20.9. The molecule has 3 nitrogen and oxygen atoms in total. The second-order valence-electron chi connectivity index (χ2n) is 14.3. The quantitative estimate of drug-likeness (QED) is 0.492. The van der Waals surface area contributed by atoms with Gasteiger partial charge in [-0.05, 0) is 111 Å². The normalized spacial score (nSPS) is 62.8. The summed E-state index contributed by atoms with van der Waals surface area (Å²) in [4.78, 5) is 0. The monoisotopic (exact) mass is 439 g/mol. The van der Waals surface area contributed by atoms with Crippen molar-refractivity contribution in [3.05, 3.63) is 11.6 Å². The number of fused-ring (bicyclic) bond motifs is 5. The van der Waals surface area contributed by atoms with Crippen molar-refractivity contribution in [2.75, 3.05) is 6.54 Å². The van der Waals surface area contributed by atoms with Gasteiger partial charge in [-0.2, -0.15) is 0 Å². The van der Waals surface area contributed by atoms with Crippen molar-refractivity contribution < 1.29 is 9.84 Å². The van der Waals surface area contributed by atoms with E-state index in [-0.39, 0.29) is 11.7 Å². The van der Waals surface area contributed by atoms with E-state index < -0.39 is 0 Å². The number of hydrogen-bond acceptors (Lipinski definition) is 3. The highest BCUT2D eigenvalue weighted by Crippen LogP contribution is 2.83. The minimum Gasteiger partial charge on any atom is -0.393 e. The van der Waals surface area contributed by atoms with Gasteiger partial charge in [0, 0.05) is 12.0 Å². The van der Waals surface area contributed by atoms with Gasteiger partial charge in [0.1, 0.15) is 0 Å². The third-order valence-corrected chi connectivity index (χ3v) is 12.8. The maximum atomic E-state index is 10.3. The van der Waals surface area contributed by atoms with Crippen LogP contribution in [0.15, 0.2) is 11.6 Å². The van der Waals surface area contributed by atoms with Crippen LogP contribution in [0.1, 0.15) is 91.9 Å². The van der Waals surface area contributed by atoms with Crippen molar-refractivity contribution >= 4 is 0 Å². The van der Waals surface area contributed by atoms with E-state index in [2.05, 4.69) is 39.1 Å². The Hall–Kier alpha value is -0.380. The summed E-state index contributed by atoms with van der Waals surface area (Å²) in [7, 11) is 0. The molecule has 7 aliphatic rings. The number of aliphatic hydroxyl groups excluding tert-OH is 1. The molecule has 0 amide bonds. The molecule has 178 valence electrons. The first-order valence-corrected chi connectivity index (χ1v) is 14.0. The second kappa shape index (κ2) is 6.43. The molecule has 2 aliphatic heterocycles. The number of piperidine rings is 1. The molecule has 32 heavy (non-hydrogen) atoms. The summed E-state index contributed by atoms with van der Waals surface area (Å²) in [6, 6.07) is 0.572. The zero-order valence-electron chi connectivity index (χ0n) is 20.8. The van der Waals surface area contributed by atoms with Crippen LogP contribution >= 0.6 is 0 Å². The number of allylic oxidation sites excluding steroid dienone is 1. The number of nitrogens with one attached hydrogen (secondary N) is 1. The average Bonchev–Trinajstić information content (AvgIpc) is 3.06. The van der Waals surface area contributed by atoms with Crippen molar-refractivity contribution in [3.63, 3.8) is 0 Å². The maximum Gasteiger partial charge on any atom is 0.0742 e. The summed E-state index contributed by atoms with van der Waals surface area (Å²) in [5.74, 6) is 3.99. The van der Waals surface area contributed by atoms with Crippen molar-refractivity contribution in [2.24, 2.45) is 45.8 Å². The molecule has 5 aliphatic carbocycles. The van der Waals surface area contributed by atoms with E-state index in [0.29, 0.717) is 34.3 Å². The predicted molar refractivity (Wildman–Crippen MR) is 127 cm³/mol. The largest absolute Gasteiger partial charge is 0.393 e.